The van der Waals surface area contributed by atoms with Crippen molar-refractivity contribution < 1.29 is 18.7 Å². The Labute approximate surface area is 91.6 Å². The largest absolute Gasteiger partial charge is 0.516 e. The molecule has 0 aliphatic carbocycles. The summed E-state index contributed by atoms with van der Waals surface area (Å²) in [7, 11) is 1.22. The third-order valence-electron chi connectivity index (χ3n) is 1.86. The van der Waals surface area contributed by atoms with Crippen LogP contribution in [0.2, 0.25) is 0 Å². The van der Waals surface area contributed by atoms with E-state index in [1.54, 1.807) is 0 Å². The van der Waals surface area contributed by atoms with E-state index in [0.717, 1.165) is 5.56 Å². The molecule has 5 heteroatoms. The van der Waals surface area contributed by atoms with Gasteiger partial charge < -0.3 is 13.9 Å². The molecule has 0 saturated heterocycles. The molecular formula is C11H9NO4. The zero-order chi connectivity index (χ0) is 11.4. The molecule has 0 aliphatic heterocycles. The molecule has 1 aromatic heterocycles. The summed E-state index contributed by atoms with van der Waals surface area (Å²) in [5.41, 5.74) is 0.808. The first-order chi connectivity index (χ1) is 7.79. The number of hydrogen-bond donors (Lipinski definition) is 0. The van der Waals surface area contributed by atoms with Crippen LogP contribution in [0.1, 0.15) is 0 Å². The van der Waals surface area contributed by atoms with E-state index in [0.29, 0.717) is 5.89 Å². The molecule has 2 aromatic rings. The van der Waals surface area contributed by atoms with Crippen molar-refractivity contribution in [2.45, 2.75) is 0 Å². The van der Waals surface area contributed by atoms with Crippen LogP contribution < -0.4 is 4.74 Å². The Morgan fingerprint density at radius 1 is 1.31 bits per heavy atom. The number of benzene rings is 1. The first-order valence-corrected chi connectivity index (χ1v) is 4.56. The number of carbonyl (C=O) groups is 1. The van der Waals surface area contributed by atoms with E-state index in [4.69, 9.17) is 4.42 Å². The van der Waals surface area contributed by atoms with Gasteiger partial charge in [-0.3, -0.25) is 0 Å². The zero-order valence-corrected chi connectivity index (χ0v) is 8.54. The van der Waals surface area contributed by atoms with Crippen LogP contribution in [0.25, 0.3) is 11.5 Å². The van der Waals surface area contributed by atoms with Crippen LogP contribution in [0.3, 0.4) is 0 Å². The molecule has 1 aromatic carbocycles. The van der Waals surface area contributed by atoms with Crippen molar-refractivity contribution >= 4 is 6.16 Å². The molecule has 0 unspecified atom stereocenters. The Balaban J connectivity index is 2.17. The van der Waals surface area contributed by atoms with E-state index in [1.165, 1.54) is 13.3 Å². The van der Waals surface area contributed by atoms with Gasteiger partial charge in [0.1, 0.15) is 6.20 Å². The highest BCUT2D eigenvalue weighted by molar-refractivity contribution is 5.62. The van der Waals surface area contributed by atoms with Gasteiger partial charge in [-0.05, 0) is 12.1 Å². The van der Waals surface area contributed by atoms with Gasteiger partial charge in [0, 0.05) is 5.56 Å². The van der Waals surface area contributed by atoms with Crippen molar-refractivity contribution in [3.05, 3.63) is 36.5 Å². The minimum atomic E-state index is -0.837. The van der Waals surface area contributed by atoms with Gasteiger partial charge in [0.15, 0.2) is 0 Å². The second-order valence-electron chi connectivity index (χ2n) is 2.91. The Morgan fingerprint density at radius 3 is 2.75 bits per heavy atom. The van der Waals surface area contributed by atoms with E-state index in [1.807, 2.05) is 30.3 Å². The second kappa shape index (κ2) is 4.48. The second-order valence-corrected chi connectivity index (χ2v) is 2.91. The number of ether oxygens (including phenoxy) is 2. The van der Waals surface area contributed by atoms with Crippen molar-refractivity contribution in [1.82, 2.24) is 4.98 Å². The molecule has 0 aliphatic rings. The van der Waals surface area contributed by atoms with E-state index in [-0.39, 0.29) is 5.95 Å². The molecule has 0 atom stereocenters. The van der Waals surface area contributed by atoms with E-state index >= 15 is 0 Å². The maximum atomic E-state index is 10.8. The van der Waals surface area contributed by atoms with Crippen molar-refractivity contribution in [1.29, 1.82) is 0 Å². The molecular weight excluding hydrogens is 210 g/mol. The summed E-state index contributed by atoms with van der Waals surface area (Å²) in [5.74, 6) is 0.394. The molecule has 0 bridgehead atoms. The predicted molar refractivity (Wildman–Crippen MR) is 55.0 cm³/mol. The lowest BCUT2D eigenvalue weighted by atomic mass is 10.2. The monoisotopic (exact) mass is 219 g/mol. The molecule has 0 fully saturated rings. The van der Waals surface area contributed by atoms with Gasteiger partial charge in [-0.25, -0.2) is 9.78 Å². The number of methoxy groups -OCH3 is 1. The van der Waals surface area contributed by atoms with Gasteiger partial charge in [-0.15, -0.1) is 0 Å². The first-order valence-electron chi connectivity index (χ1n) is 4.56. The zero-order valence-electron chi connectivity index (χ0n) is 8.54. The smallest absolute Gasteiger partial charge is 0.437 e. The van der Waals surface area contributed by atoms with Crippen LogP contribution in [0.15, 0.2) is 40.9 Å². The van der Waals surface area contributed by atoms with Crippen molar-refractivity contribution in [3.8, 4) is 17.4 Å². The van der Waals surface area contributed by atoms with Gasteiger partial charge in [0.2, 0.25) is 5.89 Å². The average Bonchev–Trinajstić information content (AvgIpc) is 2.78. The third kappa shape index (κ3) is 2.20. The summed E-state index contributed by atoms with van der Waals surface area (Å²) >= 11 is 0. The van der Waals surface area contributed by atoms with Crippen LogP contribution in [-0.4, -0.2) is 18.2 Å². The maximum Gasteiger partial charge on any atom is 0.516 e. The molecule has 0 N–H and O–H groups in total. The topological polar surface area (TPSA) is 61.6 Å². The Kier molecular flexibility index (Phi) is 2.86. The highest BCUT2D eigenvalue weighted by Crippen LogP contribution is 2.22. The molecule has 5 nitrogen and oxygen atoms in total. The fraction of sp³-hybridized carbons (Fsp3) is 0.0909. The van der Waals surface area contributed by atoms with Crippen LogP contribution >= 0.6 is 0 Å². The Hall–Kier alpha value is -2.30. The first kappa shape index (κ1) is 10.2. The van der Waals surface area contributed by atoms with E-state index in [9.17, 15) is 4.79 Å². The molecule has 82 valence electrons. The van der Waals surface area contributed by atoms with Crippen molar-refractivity contribution in [3.63, 3.8) is 0 Å². The van der Waals surface area contributed by atoms with E-state index in [2.05, 4.69) is 14.5 Å². The number of nitrogens with zero attached hydrogens (tertiary/aromatic N) is 1. The minimum Gasteiger partial charge on any atom is -0.437 e. The molecule has 16 heavy (non-hydrogen) atoms. The molecule has 2 rings (SSSR count). The SMILES string of the molecule is COC(=O)Oc1cnc(-c2ccccc2)o1. The summed E-state index contributed by atoms with van der Waals surface area (Å²) in [6, 6.07) is 9.29. The van der Waals surface area contributed by atoms with E-state index < -0.39 is 6.16 Å². The molecule has 1 heterocycles. The van der Waals surface area contributed by atoms with Gasteiger partial charge in [0.05, 0.1) is 7.11 Å². The number of aromatic nitrogens is 1. The lowest BCUT2D eigenvalue weighted by Gasteiger charge is -1.96. The van der Waals surface area contributed by atoms with Crippen molar-refractivity contribution in [2.75, 3.05) is 7.11 Å². The summed E-state index contributed by atoms with van der Waals surface area (Å²) in [6.07, 6.45) is 0.481. The lowest BCUT2D eigenvalue weighted by Crippen LogP contribution is -2.06. The quantitative estimate of drug-likeness (QED) is 0.726. The fourth-order valence-corrected chi connectivity index (χ4v) is 1.14. The summed E-state index contributed by atoms with van der Waals surface area (Å²) in [4.78, 5) is 14.8. The number of oxazole rings is 1. The van der Waals surface area contributed by atoms with Crippen molar-refractivity contribution in [2.24, 2.45) is 0 Å². The van der Waals surface area contributed by atoms with Gasteiger partial charge in [0.25, 0.3) is 0 Å². The van der Waals surface area contributed by atoms with Crippen LogP contribution in [0, 0.1) is 0 Å². The third-order valence-corrected chi connectivity index (χ3v) is 1.86. The molecule has 0 saturated carbocycles. The average molecular weight is 219 g/mol. The molecule has 0 spiro atoms. The van der Waals surface area contributed by atoms with Gasteiger partial charge >= 0.3 is 12.1 Å². The fourth-order valence-electron chi connectivity index (χ4n) is 1.14. The summed E-state index contributed by atoms with van der Waals surface area (Å²) < 4.78 is 14.2. The molecule has 0 amide bonds. The van der Waals surface area contributed by atoms with Gasteiger partial charge in [-0.2, -0.15) is 0 Å². The van der Waals surface area contributed by atoms with Crippen LogP contribution in [0.4, 0.5) is 4.79 Å². The highest BCUT2D eigenvalue weighted by Gasteiger charge is 2.10. The maximum absolute atomic E-state index is 10.8. The highest BCUT2D eigenvalue weighted by atomic mass is 16.7. The Morgan fingerprint density at radius 2 is 2.06 bits per heavy atom. The predicted octanol–water partition coefficient (Wildman–Crippen LogP) is 2.49. The number of rotatable bonds is 2. The minimum absolute atomic E-state index is 0.00528. The van der Waals surface area contributed by atoms with Gasteiger partial charge in [-0.1, -0.05) is 18.2 Å². The van der Waals surface area contributed by atoms with Crippen LogP contribution in [0.5, 0.6) is 5.95 Å². The number of carbonyl (C=O) groups excluding carboxylic acids is 1. The van der Waals surface area contributed by atoms with Crippen LogP contribution in [-0.2, 0) is 4.74 Å². The lowest BCUT2D eigenvalue weighted by molar-refractivity contribution is 0.111. The summed E-state index contributed by atoms with van der Waals surface area (Å²) in [5, 5.41) is 0. The Bertz CT molecular complexity index is 478. The standard InChI is InChI=1S/C11H9NO4/c1-14-11(13)16-9-7-12-10(15-9)8-5-3-2-4-6-8/h2-7H,1H3. The normalized spacial score (nSPS) is 9.81. The summed E-state index contributed by atoms with van der Waals surface area (Å²) in [6.45, 7) is 0. The molecule has 0 radical (unpaired) electrons. The number of hydrogen-bond acceptors (Lipinski definition) is 5.